The molecule has 0 aromatic heterocycles. The Morgan fingerprint density at radius 3 is 2.85 bits per heavy atom. The summed E-state index contributed by atoms with van der Waals surface area (Å²) in [6, 6.07) is 8.01. The molecule has 0 saturated heterocycles. The lowest BCUT2D eigenvalue weighted by atomic mass is 10.2. The average molecular weight is 308 g/mol. The Morgan fingerprint density at radius 1 is 1.35 bits per heavy atom. The summed E-state index contributed by atoms with van der Waals surface area (Å²) >= 11 is 1.63. The van der Waals surface area contributed by atoms with Gasteiger partial charge in [-0.15, -0.1) is 18.2 Å². The molecule has 0 heterocycles. The molecule has 0 amide bonds. The highest BCUT2D eigenvalue weighted by Crippen LogP contribution is 2.12. The predicted octanol–water partition coefficient (Wildman–Crippen LogP) is 1.29. The van der Waals surface area contributed by atoms with Gasteiger partial charge in [0.2, 0.25) is 0 Å². The number of nitrogens with one attached hydrogen (secondary N) is 1. The van der Waals surface area contributed by atoms with Gasteiger partial charge in [0.05, 0.1) is 28.0 Å². The Morgan fingerprint density at radius 2 is 2.15 bits per heavy atom. The highest BCUT2D eigenvalue weighted by Gasteiger charge is 2.14. The summed E-state index contributed by atoms with van der Waals surface area (Å²) in [6.45, 7) is 1.11. The van der Waals surface area contributed by atoms with E-state index in [4.69, 9.17) is 11.7 Å². The van der Waals surface area contributed by atoms with Gasteiger partial charge < -0.3 is 5.32 Å². The van der Waals surface area contributed by atoms with E-state index in [1.165, 1.54) is 12.1 Å². The molecule has 6 heteroatoms. The number of thioether (sulfide) groups is 1. The number of sulfone groups is 1. The van der Waals surface area contributed by atoms with Crippen molar-refractivity contribution in [2.45, 2.75) is 4.90 Å². The second-order valence-corrected chi connectivity index (χ2v) is 7.18. The van der Waals surface area contributed by atoms with Crippen molar-refractivity contribution in [1.29, 1.82) is 5.26 Å². The summed E-state index contributed by atoms with van der Waals surface area (Å²) in [5.74, 6) is 4.07. The SMILES string of the molecule is C#CCSCCNCCS(=O)(=O)c1cccc(C#N)c1. The maximum atomic E-state index is 12.1. The van der Waals surface area contributed by atoms with E-state index in [9.17, 15) is 8.42 Å². The third-order valence-corrected chi connectivity index (χ3v) is 5.06. The predicted molar refractivity (Wildman–Crippen MR) is 82.2 cm³/mol. The molecule has 106 valence electrons. The van der Waals surface area contributed by atoms with Gasteiger partial charge in [0.1, 0.15) is 0 Å². The van der Waals surface area contributed by atoms with Crippen molar-refractivity contribution >= 4 is 21.6 Å². The largest absolute Gasteiger partial charge is 0.315 e. The maximum Gasteiger partial charge on any atom is 0.179 e. The van der Waals surface area contributed by atoms with Crippen molar-refractivity contribution in [3.63, 3.8) is 0 Å². The zero-order valence-corrected chi connectivity index (χ0v) is 12.6. The lowest BCUT2D eigenvalue weighted by Crippen LogP contribution is -2.25. The zero-order valence-electron chi connectivity index (χ0n) is 11.0. The normalized spacial score (nSPS) is 10.7. The molecule has 0 unspecified atom stereocenters. The van der Waals surface area contributed by atoms with Crippen LogP contribution < -0.4 is 5.32 Å². The van der Waals surface area contributed by atoms with Crippen LogP contribution in [-0.4, -0.2) is 38.8 Å². The van der Waals surface area contributed by atoms with Crippen LogP contribution in [0.1, 0.15) is 5.56 Å². The summed E-state index contributed by atoms with van der Waals surface area (Å²) in [6.07, 6.45) is 5.12. The van der Waals surface area contributed by atoms with Crippen molar-refractivity contribution in [2.75, 3.05) is 30.3 Å². The van der Waals surface area contributed by atoms with Gasteiger partial charge in [0.25, 0.3) is 0 Å². The number of hydrogen-bond donors (Lipinski definition) is 1. The van der Waals surface area contributed by atoms with E-state index >= 15 is 0 Å². The smallest absolute Gasteiger partial charge is 0.179 e. The zero-order chi connectivity index (χ0) is 14.8. The Labute approximate surface area is 124 Å². The van der Waals surface area contributed by atoms with Crippen molar-refractivity contribution < 1.29 is 8.42 Å². The van der Waals surface area contributed by atoms with Gasteiger partial charge in [-0.3, -0.25) is 0 Å². The standard InChI is InChI=1S/C14H16N2O2S2/c1-2-8-19-9-6-16-7-10-20(17,18)14-5-3-4-13(11-14)12-15/h1,3-5,11,16H,6-10H2. The molecular weight excluding hydrogens is 292 g/mol. The Kier molecular flexibility index (Phi) is 7.17. The lowest BCUT2D eigenvalue weighted by Gasteiger charge is -2.06. The lowest BCUT2D eigenvalue weighted by molar-refractivity contribution is 0.592. The van der Waals surface area contributed by atoms with Gasteiger partial charge in [-0.1, -0.05) is 12.0 Å². The highest BCUT2D eigenvalue weighted by molar-refractivity contribution is 7.99. The van der Waals surface area contributed by atoms with Crippen molar-refractivity contribution in [3.05, 3.63) is 29.8 Å². The third kappa shape index (κ3) is 5.66. The molecule has 0 saturated carbocycles. The van der Waals surface area contributed by atoms with Gasteiger partial charge in [-0.25, -0.2) is 8.42 Å². The van der Waals surface area contributed by atoms with E-state index in [0.717, 1.165) is 12.3 Å². The second kappa shape index (κ2) is 8.65. The van der Waals surface area contributed by atoms with E-state index in [0.29, 0.717) is 17.9 Å². The van der Waals surface area contributed by atoms with Crippen LogP contribution in [0.3, 0.4) is 0 Å². The molecule has 0 aliphatic carbocycles. The molecule has 0 bridgehead atoms. The second-order valence-electron chi connectivity index (χ2n) is 3.97. The molecule has 0 aliphatic heterocycles. The van der Waals surface area contributed by atoms with E-state index in [-0.39, 0.29) is 10.6 Å². The van der Waals surface area contributed by atoms with Gasteiger partial charge in [-0.05, 0) is 18.2 Å². The minimum atomic E-state index is -3.34. The van der Waals surface area contributed by atoms with Crippen molar-refractivity contribution in [3.8, 4) is 18.4 Å². The quantitative estimate of drug-likeness (QED) is 0.579. The molecule has 1 N–H and O–H groups in total. The number of benzene rings is 1. The molecule has 20 heavy (non-hydrogen) atoms. The van der Waals surface area contributed by atoms with Crippen LogP contribution in [0.2, 0.25) is 0 Å². The summed E-state index contributed by atoms with van der Waals surface area (Å²) in [4.78, 5) is 0.194. The molecule has 4 nitrogen and oxygen atoms in total. The first-order chi connectivity index (χ1) is 9.60. The molecule has 0 radical (unpaired) electrons. The summed E-state index contributed by atoms with van der Waals surface area (Å²) in [5, 5.41) is 11.8. The van der Waals surface area contributed by atoms with E-state index < -0.39 is 9.84 Å². The van der Waals surface area contributed by atoms with Crippen LogP contribution in [0.15, 0.2) is 29.2 Å². The van der Waals surface area contributed by atoms with E-state index in [2.05, 4.69) is 11.2 Å². The number of hydrogen-bond acceptors (Lipinski definition) is 5. The fourth-order valence-corrected chi connectivity index (χ4v) is 3.28. The van der Waals surface area contributed by atoms with Crippen LogP contribution in [0.25, 0.3) is 0 Å². The van der Waals surface area contributed by atoms with Gasteiger partial charge in [-0.2, -0.15) is 5.26 Å². The topological polar surface area (TPSA) is 70.0 Å². The van der Waals surface area contributed by atoms with Crippen LogP contribution in [0, 0.1) is 23.7 Å². The van der Waals surface area contributed by atoms with Gasteiger partial charge in [0, 0.05) is 18.8 Å². The van der Waals surface area contributed by atoms with Gasteiger partial charge in [0.15, 0.2) is 9.84 Å². The summed E-state index contributed by atoms with van der Waals surface area (Å²) in [7, 11) is -3.34. The molecule has 1 aromatic carbocycles. The first-order valence-electron chi connectivity index (χ1n) is 6.05. The Hall–Kier alpha value is -1.47. The van der Waals surface area contributed by atoms with Crippen LogP contribution in [-0.2, 0) is 9.84 Å². The first-order valence-corrected chi connectivity index (χ1v) is 8.85. The molecule has 0 atom stereocenters. The minimum absolute atomic E-state index is 0.0156. The fraction of sp³-hybridized carbons (Fsp3) is 0.357. The van der Waals surface area contributed by atoms with Crippen molar-refractivity contribution in [2.24, 2.45) is 0 Å². The third-order valence-electron chi connectivity index (χ3n) is 2.48. The molecule has 1 rings (SSSR count). The van der Waals surface area contributed by atoms with Crippen LogP contribution in [0.5, 0.6) is 0 Å². The van der Waals surface area contributed by atoms with Gasteiger partial charge >= 0.3 is 0 Å². The fourth-order valence-electron chi connectivity index (χ4n) is 1.48. The first kappa shape index (κ1) is 16.6. The van der Waals surface area contributed by atoms with Crippen LogP contribution >= 0.6 is 11.8 Å². The van der Waals surface area contributed by atoms with E-state index in [1.807, 2.05) is 6.07 Å². The molecular formula is C14H16N2O2S2. The molecule has 0 spiro atoms. The summed E-state index contributed by atoms with van der Waals surface area (Å²) in [5.41, 5.74) is 0.352. The molecule has 1 aromatic rings. The number of terminal acetylenes is 1. The van der Waals surface area contributed by atoms with Crippen LogP contribution in [0.4, 0.5) is 0 Å². The number of nitriles is 1. The Bertz CT molecular complexity index is 613. The molecule has 0 aliphatic rings. The minimum Gasteiger partial charge on any atom is -0.315 e. The van der Waals surface area contributed by atoms with Crippen molar-refractivity contribution in [1.82, 2.24) is 5.32 Å². The number of nitrogens with zero attached hydrogens (tertiary/aromatic N) is 1. The monoisotopic (exact) mass is 308 g/mol. The maximum absolute atomic E-state index is 12.1. The van der Waals surface area contributed by atoms with E-state index in [1.54, 1.807) is 23.9 Å². The number of rotatable bonds is 8. The summed E-state index contributed by atoms with van der Waals surface area (Å²) < 4.78 is 24.1. The Balaban J connectivity index is 2.42. The highest BCUT2D eigenvalue weighted by atomic mass is 32.2. The molecule has 0 fully saturated rings. The average Bonchev–Trinajstić information content (AvgIpc) is 2.46.